The molecule has 62 heavy (non-hydrogen) atoms. The van der Waals surface area contributed by atoms with Crippen LogP contribution in [0, 0.1) is 0 Å². The van der Waals surface area contributed by atoms with Crippen molar-refractivity contribution < 1.29 is 34.3 Å². The third-order valence-electron chi connectivity index (χ3n) is 8.84. The number of hydrogen-bond donors (Lipinski definition) is 0. The first kappa shape index (κ1) is 55.9. The molecule has 0 saturated heterocycles. The van der Waals surface area contributed by atoms with Crippen molar-refractivity contribution >= 4 is 122 Å². The van der Waals surface area contributed by atoms with Gasteiger partial charge in [-0.1, -0.05) is 12.1 Å². The highest BCUT2D eigenvalue weighted by molar-refractivity contribution is 7.11. The van der Waals surface area contributed by atoms with Gasteiger partial charge in [-0.15, -0.1) is 22.7 Å². The van der Waals surface area contributed by atoms with Gasteiger partial charge in [0.2, 0.25) is 0 Å². The Hall–Kier alpha value is -0.468. The van der Waals surface area contributed by atoms with Crippen LogP contribution < -0.4 is 0 Å². The second kappa shape index (κ2) is 21.2. The SMILES string of the molecule is C[SiH](O[Si](C)(C)C)O[Si](C)(C)C.C[Si](C)(C)O[Si](C)(CCCN1C(=O)C2=C(c3cccs3)N(CCC[Si](C)(O[Si](C)(C)C)O[Si](C)(C)C)C(=O)C2=C1c1cccs1)O[Si](C)(C)C. The Balaban J connectivity index is 0.000000742. The summed E-state index contributed by atoms with van der Waals surface area (Å²) in [6.07, 6.45) is 1.48. The number of thiophene rings is 2. The highest BCUT2D eigenvalue weighted by atomic mass is 32.1. The maximum atomic E-state index is 14.6. The van der Waals surface area contributed by atoms with E-state index in [-0.39, 0.29) is 11.8 Å². The minimum Gasteiger partial charge on any atom is -0.439 e. The molecule has 0 bridgehead atoms. The largest absolute Gasteiger partial charge is 0.439 e. The lowest BCUT2D eigenvalue weighted by Crippen LogP contribution is -2.52. The van der Waals surface area contributed by atoms with E-state index in [4.69, 9.17) is 24.7 Å². The first-order valence-corrected chi connectivity index (χ1v) is 51.6. The minimum atomic E-state index is -2.50. The van der Waals surface area contributed by atoms with Gasteiger partial charge in [-0.25, -0.2) is 0 Å². The van der Waals surface area contributed by atoms with Crippen LogP contribution in [0.3, 0.4) is 0 Å². The number of carbonyl (C=O) groups excluding carboxylic acids is 2. The van der Waals surface area contributed by atoms with Crippen LogP contribution in [0.1, 0.15) is 22.6 Å². The fraction of sp³-hybridized carbons (Fsp3) is 0.659. The Morgan fingerprint density at radius 2 is 0.774 bits per heavy atom. The number of fused-ring (bicyclic) bond motifs is 1. The molecule has 0 aromatic carbocycles. The molecule has 4 rings (SSSR count). The molecule has 2 amide bonds. The van der Waals surface area contributed by atoms with Gasteiger partial charge in [-0.3, -0.25) is 9.59 Å². The van der Waals surface area contributed by atoms with Crippen molar-refractivity contribution in [2.45, 2.75) is 162 Å². The Morgan fingerprint density at radius 3 is 1.00 bits per heavy atom. The average molecular weight is 1050 g/mol. The molecular weight excluding hydrogens is 965 g/mol. The summed E-state index contributed by atoms with van der Waals surface area (Å²) in [4.78, 5) is 34.9. The fourth-order valence-corrected chi connectivity index (χ4v) is 43.3. The molecule has 0 radical (unpaired) electrons. The molecular formula is C41H82N2O8S2Si9. The number of hydrogen-bond acceptors (Lipinski definition) is 10. The molecule has 2 aliphatic heterocycles. The van der Waals surface area contributed by atoms with Crippen molar-refractivity contribution in [2.75, 3.05) is 13.1 Å². The van der Waals surface area contributed by atoms with Crippen LogP contribution in [0.4, 0.5) is 0 Å². The maximum absolute atomic E-state index is 14.6. The molecule has 2 aliphatic rings. The molecule has 10 nitrogen and oxygen atoms in total. The summed E-state index contributed by atoms with van der Waals surface area (Å²) in [5.41, 5.74) is 2.56. The summed E-state index contributed by atoms with van der Waals surface area (Å²) >= 11 is 3.14. The number of carbonyl (C=O) groups is 2. The Labute approximate surface area is 394 Å². The van der Waals surface area contributed by atoms with Crippen LogP contribution in [0.25, 0.3) is 11.4 Å². The van der Waals surface area contributed by atoms with Crippen molar-refractivity contribution in [3.05, 3.63) is 55.9 Å². The molecule has 2 aromatic heterocycles. The lowest BCUT2D eigenvalue weighted by Gasteiger charge is -2.39. The predicted molar refractivity (Wildman–Crippen MR) is 288 cm³/mol. The molecule has 0 saturated carbocycles. The summed E-state index contributed by atoms with van der Waals surface area (Å²) in [6.45, 7) is 47.4. The van der Waals surface area contributed by atoms with Gasteiger partial charge in [0.05, 0.1) is 32.3 Å². The lowest BCUT2D eigenvalue weighted by molar-refractivity contribution is -0.124. The molecule has 4 heterocycles. The molecule has 0 fully saturated rings. The van der Waals surface area contributed by atoms with Crippen molar-refractivity contribution in [2.24, 2.45) is 0 Å². The summed E-state index contributed by atoms with van der Waals surface area (Å²) in [5, 5.41) is 4.03. The van der Waals surface area contributed by atoms with Gasteiger partial charge in [-0.2, -0.15) is 0 Å². The van der Waals surface area contributed by atoms with E-state index in [1.54, 1.807) is 22.7 Å². The van der Waals surface area contributed by atoms with Gasteiger partial charge < -0.3 is 34.5 Å². The molecule has 2 aromatic rings. The van der Waals surface area contributed by atoms with Gasteiger partial charge in [0.15, 0.2) is 49.9 Å². The highest BCUT2D eigenvalue weighted by Gasteiger charge is 2.50. The first-order chi connectivity index (χ1) is 27.9. The van der Waals surface area contributed by atoms with Crippen LogP contribution in [0.15, 0.2) is 46.2 Å². The second-order valence-electron chi connectivity index (χ2n) is 22.7. The van der Waals surface area contributed by atoms with Gasteiger partial charge in [0.1, 0.15) is 0 Å². The number of nitrogens with zero attached hydrogens (tertiary/aromatic N) is 2. The van der Waals surface area contributed by atoms with Gasteiger partial charge in [-0.05, 0) is 185 Å². The summed E-state index contributed by atoms with van der Waals surface area (Å²) in [7, 11) is -16.5. The van der Waals surface area contributed by atoms with Gasteiger partial charge in [0, 0.05) is 13.1 Å². The quantitative estimate of drug-likeness (QED) is 0.108. The first-order valence-electron chi connectivity index (χ1n) is 22.3. The van der Waals surface area contributed by atoms with E-state index in [1.807, 2.05) is 44.8 Å². The lowest BCUT2D eigenvalue weighted by atomic mass is 10.1. The van der Waals surface area contributed by atoms with Crippen molar-refractivity contribution in [3.63, 3.8) is 0 Å². The summed E-state index contributed by atoms with van der Waals surface area (Å²) < 4.78 is 38.9. The summed E-state index contributed by atoms with van der Waals surface area (Å²) in [6, 6.07) is 9.61. The number of rotatable bonds is 22. The smallest absolute Gasteiger partial charge is 0.314 e. The Kier molecular flexibility index (Phi) is 19.1. The summed E-state index contributed by atoms with van der Waals surface area (Å²) in [5.74, 6) is -0.182. The third kappa shape index (κ3) is 18.3. The predicted octanol–water partition coefficient (Wildman–Crippen LogP) is 12.5. The van der Waals surface area contributed by atoms with E-state index in [0.29, 0.717) is 24.2 Å². The van der Waals surface area contributed by atoms with Crippen LogP contribution in [0.5, 0.6) is 0 Å². The van der Waals surface area contributed by atoms with Crippen molar-refractivity contribution in [3.8, 4) is 0 Å². The van der Waals surface area contributed by atoms with Crippen LogP contribution >= 0.6 is 22.7 Å². The molecule has 0 spiro atoms. The normalized spacial score (nSPS) is 16.3. The van der Waals surface area contributed by atoms with E-state index >= 15 is 0 Å². The van der Waals surface area contributed by atoms with E-state index in [9.17, 15) is 9.59 Å². The van der Waals surface area contributed by atoms with E-state index < -0.39 is 76.3 Å². The zero-order chi connectivity index (χ0) is 47.5. The van der Waals surface area contributed by atoms with Crippen LogP contribution in [0.2, 0.25) is 150 Å². The molecule has 21 heteroatoms. The average Bonchev–Trinajstić information content (AvgIpc) is 3.80. The monoisotopic (exact) mass is 1050 g/mol. The minimum absolute atomic E-state index is 0.0911. The molecule has 0 N–H and O–H groups in total. The molecule has 0 unspecified atom stereocenters. The topological polar surface area (TPSA) is 96.0 Å². The molecule has 0 aliphatic carbocycles. The van der Waals surface area contributed by atoms with E-state index in [1.165, 1.54) is 0 Å². The van der Waals surface area contributed by atoms with Gasteiger partial charge >= 0.3 is 17.1 Å². The number of amides is 2. The van der Waals surface area contributed by atoms with Crippen molar-refractivity contribution in [1.29, 1.82) is 0 Å². The Morgan fingerprint density at radius 1 is 0.484 bits per heavy atom. The van der Waals surface area contributed by atoms with Crippen LogP contribution in [-0.4, -0.2) is 111 Å². The van der Waals surface area contributed by atoms with Crippen molar-refractivity contribution in [1.82, 2.24) is 9.80 Å². The molecule has 352 valence electrons. The van der Waals surface area contributed by atoms with Gasteiger partial charge in [0.25, 0.3) is 21.1 Å². The second-order valence-corrected chi connectivity index (χ2v) is 61.7. The van der Waals surface area contributed by atoms with Crippen LogP contribution in [-0.2, 0) is 34.3 Å². The highest BCUT2D eigenvalue weighted by Crippen LogP contribution is 2.48. The zero-order valence-corrected chi connectivity index (χ0v) is 53.0. The fourth-order valence-electron chi connectivity index (χ4n) is 8.13. The Bertz CT molecular complexity index is 1710. The zero-order valence-electron chi connectivity index (χ0n) is 42.3. The third-order valence-corrected chi connectivity index (χ3v) is 38.1. The maximum Gasteiger partial charge on any atom is 0.314 e. The molecule has 0 atom stereocenters. The van der Waals surface area contributed by atoms with E-state index in [2.05, 4.69) is 137 Å². The standard InChI is InChI=1S/C34H60N2O6S2Si6.C7H22O2Si3/c1-45(2,3)39-49(13,40-46(4,5)6)25-17-21-35-31(27-19-15-23-43-27)29-30(33(35)37)32(28-20-16-24-44-28)36(34(29)38)22-18-26-50(14,41-47(7,8)9)42-48(10,11)12;1-10(8-11(2,3)4)9-12(5,6)7/h15-16,19-20,23-24H,17-18,21-22,25-26H2,1-14H3;10H,1-7H3. The van der Waals surface area contributed by atoms with E-state index in [0.717, 1.165) is 46.1 Å².